The highest BCUT2D eigenvalue weighted by molar-refractivity contribution is 7.87. The molecule has 0 atom stereocenters. The highest BCUT2D eigenvalue weighted by Gasteiger charge is 2.49. The Bertz CT molecular complexity index is 1280. The van der Waals surface area contributed by atoms with Gasteiger partial charge in [0.2, 0.25) is 11.7 Å². The number of aromatic nitrogens is 6. The highest BCUT2D eigenvalue weighted by Crippen LogP contribution is 2.32. The van der Waals surface area contributed by atoms with Gasteiger partial charge in [-0.2, -0.15) is 26.8 Å². The van der Waals surface area contributed by atoms with Crippen LogP contribution in [0.5, 0.6) is 5.88 Å². The summed E-state index contributed by atoms with van der Waals surface area (Å²) in [6.07, 6.45) is 1.48. The number of hydrogen-bond donors (Lipinski definition) is 1. The Morgan fingerprint density at radius 1 is 1.03 bits per heavy atom. The molecule has 3 heterocycles. The third-order valence-corrected chi connectivity index (χ3v) is 4.76. The van der Waals surface area contributed by atoms with E-state index in [-0.39, 0.29) is 5.69 Å². The number of pyridine rings is 2. The number of benzene rings is 1. The summed E-state index contributed by atoms with van der Waals surface area (Å²) in [5.74, 6) is -0.374. The maximum absolute atomic E-state index is 12.7. The van der Waals surface area contributed by atoms with Crippen LogP contribution in [-0.2, 0) is 10.1 Å². The Hall–Kier alpha value is -3.61. The van der Waals surface area contributed by atoms with E-state index < -0.39 is 21.5 Å². The third-order valence-electron chi connectivity index (χ3n) is 3.80. The molecule has 0 aliphatic carbocycles. The molecule has 0 fully saturated rings. The number of H-pyrrole nitrogens is 1. The number of tetrazole rings is 1. The minimum absolute atomic E-state index is 0.148. The van der Waals surface area contributed by atoms with Crippen LogP contribution < -0.4 is 4.18 Å². The topological polar surface area (TPSA) is 124 Å². The number of fused-ring (bicyclic) bond motifs is 1. The molecule has 0 bridgehead atoms. The predicted molar refractivity (Wildman–Crippen MR) is 93.7 cm³/mol. The fourth-order valence-corrected chi connectivity index (χ4v) is 2.93. The van der Waals surface area contributed by atoms with Gasteiger partial charge in [0.25, 0.3) is 0 Å². The summed E-state index contributed by atoms with van der Waals surface area (Å²) < 4.78 is 64.9. The van der Waals surface area contributed by atoms with Crippen LogP contribution >= 0.6 is 0 Å². The van der Waals surface area contributed by atoms with Crippen molar-refractivity contribution in [1.29, 1.82) is 0 Å². The number of halogens is 3. The summed E-state index contributed by atoms with van der Waals surface area (Å²) in [6.45, 7) is 0. The van der Waals surface area contributed by atoms with E-state index in [1.54, 1.807) is 36.4 Å². The largest absolute Gasteiger partial charge is 0.534 e. The van der Waals surface area contributed by atoms with Gasteiger partial charge in [-0.05, 0) is 11.3 Å². The van der Waals surface area contributed by atoms with E-state index in [1.807, 2.05) is 0 Å². The number of nitrogens with zero attached hydrogens (tertiary/aromatic N) is 5. The Kier molecular flexibility index (Phi) is 4.38. The summed E-state index contributed by atoms with van der Waals surface area (Å²) in [7, 11) is -5.86. The lowest BCUT2D eigenvalue weighted by Crippen LogP contribution is -2.28. The molecule has 0 amide bonds. The standard InChI is InChI=1S/C16H9F3N6O3S/c17-16(18,19)29(26,27)28-12-8-11-2-1-7-20-13(11)14(21-12)9-3-5-10(6-4-9)15-22-24-25-23-15/h1-8H,(H,22,23,24,25). The molecule has 9 nitrogen and oxygen atoms in total. The number of hydrogen-bond acceptors (Lipinski definition) is 8. The van der Waals surface area contributed by atoms with Gasteiger partial charge in [-0.15, -0.1) is 10.2 Å². The average molecular weight is 422 g/mol. The van der Waals surface area contributed by atoms with Gasteiger partial charge < -0.3 is 4.18 Å². The van der Waals surface area contributed by atoms with E-state index in [0.717, 1.165) is 6.07 Å². The lowest BCUT2D eigenvalue weighted by molar-refractivity contribution is -0.0501. The summed E-state index contributed by atoms with van der Waals surface area (Å²) >= 11 is 0. The molecule has 29 heavy (non-hydrogen) atoms. The summed E-state index contributed by atoms with van der Waals surface area (Å²) in [5.41, 5.74) is -3.97. The van der Waals surface area contributed by atoms with Gasteiger partial charge in [0.15, 0.2) is 0 Å². The first-order valence-corrected chi connectivity index (χ1v) is 9.26. The number of alkyl halides is 3. The zero-order chi connectivity index (χ0) is 20.6. The highest BCUT2D eigenvalue weighted by atomic mass is 32.2. The van der Waals surface area contributed by atoms with Crippen LogP contribution in [0.1, 0.15) is 0 Å². The molecule has 0 spiro atoms. The van der Waals surface area contributed by atoms with E-state index in [1.165, 1.54) is 6.20 Å². The lowest BCUT2D eigenvalue weighted by atomic mass is 10.1. The van der Waals surface area contributed by atoms with Crippen LogP contribution in [0.25, 0.3) is 33.5 Å². The van der Waals surface area contributed by atoms with Gasteiger partial charge in [-0.25, -0.2) is 4.98 Å². The maximum Gasteiger partial charge on any atom is 0.534 e. The first-order chi connectivity index (χ1) is 13.7. The fraction of sp³-hybridized carbons (Fsp3) is 0.0625. The molecular weight excluding hydrogens is 413 g/mol. The molecule has 13 heteroatoms. The van der Waals surface area contributed by atoms with Crippen LogP contribution in [0.2, 0.25) is 0 Å². The normalized spacial score (nSPS) is 12.2. The van der Waals surface area contributed by atoms with Crippen molar-refractivity contribution in [2.45, 2.75) is 5.51 Å². The van der Waals surface area contributed by atoms with Gasteiger partial charge in [0, 0.05) is 28.8 Å². The molecule has 3 aromatic heterocycles. The fourth-order valence-electron chi connectivity index (χ4n) is 2.53. The van der Waals surface area contributed by atoms with Crippen molar-refractivity contribution in [2.75, 3.05) is 0 Å². The van der Waals surface area contributed by atoms with Crippen molar-refractivity contribution in [3.05, 3.63) is 48.7 Å². The molecule has 0 unspecified atom stereocenters. The quantitative estimate of drug-likeness (QED) is 0.393. The van der Waals surface area contributed by atoms with Crippen LogP contribution in [0, 0.1) is 0 Å². The van der Waals surface area contributed by atoms with Crippen molar-refractivity contribution in [3.63, 3.8) is 0 Å². The molecule has 1 aromatic carbocycles. The van der Waals surface area contributed by atoms with Crippen molar-refractivity contribution in [3.8, 4) is 28.5 Å². The Balaban J connectivity index is 1.81. The van der Waals surface area contributed by atoms with Crippen molar-refractivity contribution < 1.29 is 25.8 Å². The summed E-state index contributed by atoms with van der Waals surface area (Å²) in [4.78, 5) is 8.14. The zero-order valence-electron chi connectivity index (χ0n) is 14.1. The smallest absolute Gasteiger partial charge is 0.355 e. The Morgan fingerprint density at radius 3 is 2.41 bits per heavy atom. The van der Waals surface area contributed by atoms with Gasteiger partial charge in [-0.3, -0.25) is 4.98 Å². The molecule has 0 aliphatic rings. The minimum Gasteiger partial charge on any atom is -0.355 e. The number of rotatable bonds is 4. The van der Waals surface area contributed by atoms with E-state index in [4.69, 9.17) is 0 Å². The van der Waals surface area contributed by atoms with Crippen molar-refractivity contribution in [1.82, 2.24) is 30.6 Å². The van der Waals surface area contributed by atoms with E-state index >= 15 is 0 Å². The van der Waals surface area contributed by atoms with Gasteiger partial charge in [0.1, 0.15) is 5.69 Å². The van der Waals surface area contributed by atoms with Crippen LogP contribution in [0.15, 0.2) is 48.7 Å². The minimum atomic E-state index is -5.86. The van der Waals surface area contributed by atoms with Gasteiger partial charge in [0.05, 0.1) is 5.52 Å². The van der Waals surface area contributed by atoms with Crippen LogP contribution in [0.3, 0.4) is 0 Å². The lowest BCUT2D eigenvalue weighted by Gasteiger charge is -2.11. The monoisotopic (exact) mass is 422 g/mol. The van der Waals surface area contributed by atoms with Crippen LogP contribution in [0.4, 0.5) is 13.2 Å². The Labute approximate surface area is 160 Å². The first kappa shape index (κ1) is 18.7. The molecule has 0 aliphatic heterocycles. The molecule has 0 radical (unpaired) electrons. The van der Waals surface area contributed by atoms with E-state index in [0.29, 0.717) is 27.9 Å². The Morgan fingerprint density at radius 2 is 1.76 bits per heavy atom. The summed E-state index contributed by atoms with van der Waals surface area (Å²) in [6, 6.07) is 10.7. The van der Waals surface area contributed by atoms with Gasteiger partial charge in [-0.1, -0.05) is 30.3 Å². The van der Waals surface area contributed by atoms with Crippen molar-refractivity contribution in [2.24, 2.45) is 0 Å². The maximum atomic E-state index is 12.7. The second-order valence-electron chi connectivity index (χ2n) is 5.68. The molecule has 4 aromatic rings. The SMILES string of the molecule is O=S(=O)(Oc1cc2cccnc2c(-c2ccc(-c3nn[nH]n3)cc2)n1)C(F)(F)F. The van der Waals surface area contributed by atoms with E-state index in [9.17, 15) is 21.6 Å². The average Bonchev–Trinajstić information content (AvgIpc) is 3.21. The predicted octanol–water partition coefficient (Wildman–Crippen LogP) is 2.71. The van der Waals surface area contributed by atoms with Crippen LogP contribution in [-0.4, -0.2) is 44.5 Å². The van der Waals surface area contributed by atoms with E-state index in [2.05, 4.69) is 34.8 Å². The molecule has 0 saturated heterocycles. The molecule has 148 valence electrons. The molecular formula is C16H9F3N6O3S. The third kappa shape index (κ3) is 3.59. The molecule has 1 N–H and O–H groups in total. The van der Waals surface area contributed by atoms with Gasteiger partial charge >= 0.3 is 15.6 Å². The second-order valence-corrected chi connectivity index (χ2v) is 7.22. The number of nitrogens with one attached hydrogen (secondary N) is 1. The first-order valence-electron chi connectivity index (χ1n) is 7.85. The zero-order valence-corrected chi connectivity index (χ0v) is 14.9. The van der Waals surface area contributed by atoms with Crippen molar-refractivity contribution >= 4 is 21.0 Å². The molecule has 0 saturated carbocycles. The molecule has 4 rings (SSSR count). The second kappa shape index (κ2) is 6.77. The number of aromatic amines is 1. The summed E-state index contributed by atoms with van der Waals surface area (Å²) in [5, 5.41) is 13.8.